The van der Waals surface area contributed by atoms with Gasteiger partial charge in [0.05, 0.1) is 19.8 Å². The average molecular weight is 265 g/mol. The zero-order valence-electron chi connectivity index (χ0n) is 11.5. The Balaban J connectivity index is 2.01. The lowest BCUT2D eigenvalue weighted by molar-refractivity contribution is -0.125. The maximum absolute atomic E-state index is 11.7. The molecule has 19 heavy (non-hydrogen) atoms. The van der Waals surface area contributed by atoms with Gasteiger partial charge in [0.2, 0.25) is 0 Å². The summed E-state index contributed by atoms with van der Waals surface area (Å²) in [6.07, 6.45) is 6.94. The molecule has 4 nitrogen and oxygen atoms in total. The van der Waals surface area contributed by atoms with Gasteiger partial charge in [0.25, 0.3) is 0 Å². The van der Waals surface area contributed by atoms with Crippen LogP contribution >= 0.6 is 0 Å². The Labute approximate surface area is 115 Å². The molecule has 0 bridgehead atoms. The molecule has 0 N–H and O–H groups in total. The van der Waals surface area contributed by atoms with E-state index in [9.17, 15) is 4.79 Å². The first-order chi connectivity index (χ1) is 9.20. The predicted molar refractivity (Wildman–Crippen MR) is 73.9 cm³/mol. The lowest BCUT2D eigenvalue weighted by Crippen LogP contribution is -2.53. The number of Topliss-reactive ketones (excluding diaryl/α,β-unsaturated/α-hetero) is 1. The summed E-state index contributed by atoms with van der Waals surface area (Å²) in [5.74, 6) is 0.299. The molecule has 2 saturated heterocycles. The fourth-order valence-electron chi connectivity index (χ4n) is 2.92. The Morgan fingerprint density at radius 2 is 2.11 bits per heavy atom. The summed E-state index contributed by atoms with van der Waals surface area (Å²) < 4.78 is 11.0. The smallest absolute Gasteiger partial charge is 0.157 e. The molecule has 0 aromatic carbocycles. The van der Waals surface area contributed by atoms with Crippen LogP contribution in [0.2, 0.25) is 0 Å². The van der Waals surface area contributed by atoms with Gasteiger partial charge in [-0.1, -0.05) is 12.2 Å². The highest BCUT2D eigenvalue weighted by Gasteiger charge is 2.38. The monoisotopic (exact) mass is 265 g/mol. The number of carbonyl (C=O) groups is 1. The highest BCUT2D eigenvalue weighted by atomic mass is 16.7. The van der Waals surface area contributed by atoms with Gasteiger partial charge < -0.3 is 9.47 Å². The zero-order valence-corrected chi connectivity index (χ0v) is 11.5. The van der Waals surface area contributed by atoms with Gasteiger partial charge >= 0.3 is 0 Å². The van der Waals surface area contributed by atoms with Gasteiger partial charge in [0.1, 0.15) is 5.78 Å². The van der Waals surface area contributed by atoms with Crippen LogP contribution in [0.1, 0.15) is 25.7 Å². The van der Waals surface area contributed by atoms with E-state index in [2.05, 4.69) is 18.1 Å². The summed E-state index contributed by atoms with van der Waals surface area (Å²) in [6.45, 7) is 10.3. The standard InChI is InChI=1S/C15H23NO3/c1-3-9-16-12-13(17)5-7-15(16,4-2)8-6-14-18-10-11-19-14/h3-4,14H,1-2,5-12H2/t15-/m0/s1. The summed E-state index contributed by atoms with van der Waals surface area (Å²) in [6, 6.07) is 0. The van der Waals surface area contributed by atoms with Crippen LogP contribution < -0.4 is 0 Å². The van der Waals surface area contributed by atoms with Crippen LogP contribution in [0.4, 0.5) is 0 Å². The molecule has 4 heteroatoms. The lowest BCUT2D eigenvalue weighted by Gasteiger charge is -2.45. The normalized spacial score (nSPS) is 29.6. The Morgan fingerprint density at radius 3 is 2.74 bits per heavy atom. The van der Waals surface area contributed by atoms with Crippen molar-refractivity contribution in [1.29, 1.82) is 0 Å². The van der Waals surface area contributed by atoms with Crippen LogP contribution in [-0.4, -0.2) is 48.8 Å². The summed E-state index contributed by atoms with van der Waals surface area (Å²) in [5.41, 5.74) is -0.128. The molecule has 1 atom stereocenters. The number of likely N-dealkylation sites (tertiary alicyclic amines) is 1. The molecule has 0 aliphatic carbocycles. The number of hydrogen-bond donors (Lipinski definition) is 0. The third-order valence-electron chi connectivity index (χ3n) is 4.07. The molecule has 2 heterocycles. The van der Waals surface area contributed by atoms with E-state index in [1.165, 1.54) is 0 Å². The molecule has 0 spiro atoms. The van der Waals surface area contributed by atoms with Crippen molar-refractivity contribution in [3.05, 3.63) is 25.3 Å². The maximum atomic E-state index is 11.7. The van der Waals surface area contributed by atoms with E-state index >= 15 is 0 Å². The van der Waals surface area contributed by atoms with Crippen molar-refractivity contribution in [3.63, 3.8) is 0 Å². The number of carbonyl (C=O) groups excluding carboxylic acids is 1. The molecule has 0 saturated carbocycles. The van der Waals surface area contributed by atoms with E-state index in [1.54, 1.807) is 0 Å². The number of ketones is 1. The zero-order chi connectivity index (χ0) is 13.7. The highest BCUT2D eigenvalue weighted by Crippen LogP contribution is 2.33. The van der Waals surface area contributed by atoms with Gasteiger partial charge in [-0.05, 0) is 12.8 Å². The van der Waals surface area contributed by atoms with Crippen molar-refractivity contribution in [2.45, 2.75) is 37.5 Å². The van der Waals surface area contributed by atoms with Crippen molar-refractivity contribution in [3.8, 4) is 0 Å². The minimum atomic E-state index is -0.128. The van der Waals surface area contributed by atoms with Crippen molar-refractivity contribution in [2.24, 2.45) is 0 Å². The van der Waals surface area contributed by atoms with E-state index in [0.717, 1.165) is 19.3 Å². The fourth-order valence-corrected chi connectivity index (χ4v) is 2.92. The minimum absolute atomic E-state index is 0.0972. The first-order valence-corrected chi connectivity index (χ1v) is 6.94. The van der Waals surface area contributed by atoms with Crippen LogP contribution in [0.25, 0.3) is 0 Å². The summed E-state index contributed by atoms with van der Waals surface area (Å²) in [4.78, 5) is 13.8. The predicted octanol–water partition coefficient (Wildman–Crippen LogP) is 1.92. The van der Waals surface area contributed by atoms with Crippen molar-refractivity contribution in [1.82, 2.24) is 4.90 Å². The van der Waals surface area contributed by atoms with Gasteiger partial charge in [0.15, 0.2) is 6.29 Å². The number of ether oxygens (including phenoxy) is 2. The molecule has 2 aliphatic heterocycles. The van der Waals surface area contributed by atoms with Crippen molar-refractivity contribution in [2.75, 3.05) is 26.3 Å². The number of rotatable bonds is 6. The first kappa shape index (κ1) is 14.4. The van der Waals surface area contributed by atoms with Crippen LogP contribution in [0.5, 0.6) is 0 Å². The molecule has 106 valence electrons. The van der Waals surface area contributed by atoms with Crippen LogP contribution in [-0.2, 0) is 14.3 Å². The summed E-state index contributed by atoms with van der Waals surface area (Å²) in [7, 11) is 0. The van der Waals surface area contributed by atoms with E-state index in [4.69, 9.17) is 9.47 Å². The minimum Gasteiger partial charge on any atom is -0.350 e. The fraction of sp³-hybridized carbons (Fsp3) is 0.667. The van der Waals surface area contributed by atoms with E-state index < -0.39 is 0 Å². The second kappa shape index (κ2) is 6.46. The third-order valence-corrected chi connectivity index (χ3v) is 4.07. The SMILES string of the molecule is C=CCN1CC(=O)CC[C@@]1(C=C)CCC1OCCO1. The van der Waals surface area contributed by atoms with E-state index in [1.807, 2.05) is 12.2 Å². The van der Waals surface area contributed by atoms with Gasteiger partial charge in [0, 0.05) is 24.9 Å². The molecule has 2 aliphatic rings. The topological polar surface area (TPSA) is 38.8 Å². The Bertz CT molecular complexity index is 349. The summed E-state index contributed by atoms with van der Waals surface area (Å²) in [5, 5.41) is 0. The second-order valence-electron chi connectivity index (χ2n) is 5.23. The van der Waals surface area contributed by atoms with Gasteiger partial charge in [-0.25, -0.2) is 0 Å². The average Bonchev–Trinajstić information content (AvgIpc) is 2.92. The molecule has 0 aromatic heterocycles. The van der Waals surface area contributed by atoms with E-state index in [-0.39, 0.29) is 11.8 Å². The van der Waals surface area contributed by atoms with Gasteiger partial charge in [-0.2, -0.15) is 0 Å². The molecule has 0 radical (unpaired) electrons. The second-order valence-corrected chi connectivity index (χ2v) is 5.23. The first-order valence-electron chi connectivity index (χ1n) is 6.94. The molecule has 0 amide bonds. The largest absolute Gasteiger partial charge is 0.350 e. The van der Waals surface area contributed by atoms with Crippen LogP contribution in [0.15, 0.2) is 25.3 Å². The quantitative estimate of drug-likeness (QED) is 0.688. The number of hydrogen-bond acceptors (Lipinski definition) is 4. The van der Waals surface area contributed by atoms with Gasteiger partial charge in [-0.15, -0.1) is 13.2 Å². The van der Waals surface area contributed by atoms with Crippen molar-refractivity contribution < 1.29 is 14.3 Å². The van der Waals surface area contributed by atoms with E-state index in [0.29, 0.717) is 38.5 Å². The molecule has 0 unspecified atom stereocenters. The number of nitrogens with zero attached hydrogens (tertiary/aromatic N) is 1. The maximum Gasteiger partial charge on any atom is 0.157 e. The Morgan fingerprint density at radius 1 is 1.37 bits per heavy atom. The molecular formula is C15H23NO3. The molecule has 2 fully saturated rings. The van der Waals surface area contributed by atoms with Crippen LogP contribution in [0.3, 0.4) is 0 Å². The van der Waals surface area contributed by atoms with Gasteiger partial charge in [-0.3, -0.25) is 9.69 Å². The highest BCUT2D eigenvalue weighted by molar-refractivity contribution is 5.81. The summed E-state index contributed by atoms with van der Waals surface area (Å²) >= 11 is 0. The lowest BCUT2D eigenvalue weighted by atomic mass is 9.82. The van der Waals surface area contributed by atoms with Crippen LogP contribution in [0, 0.1) is 0 Å². The molecule has 2 rings (SSSR count). The Kier molecular flexibility index (Phi) is 4.91. The third kappa shape index (κ3) is 3.32. The van der Waals surface area contributed by atoms with Crippen molar-refractivity contribution >= 4 is 5.78 Å². The molecular weight excluding hydrogens is 242 g/mol. The molecule has 0 aromatic rings. The Hall–Kier alpha value is -0.970. The number of piperidine rings is 1.